The molecule has 0 amide bonds. The number of aromatic carboxylic acids is 1. The second-order valence-electron chi connectivity index (χ2n) is 6.94. The van der Waals surface area contributed by atoms with E-state index in [0.717, 1.165) is 5.56 Å². The molecule has 3 rings (SSSR count). The van der Waals surface area contributed by atoms with Gasteiger partial charge in [0.15, 0.2) is 6.61 Å². The Morgan fingerprint density at radius 3 is 2.28 bits per heavy atom. The highest BCUT2D eigenvalue weighted by molar-refractivity contribution is 6.30. The molecule has 1 saturated carbocycles. The van der Waals surface area contributed by atoms with E-state index in [1.165, 1.54) is 24.3 Å². The molecule has 7 nitrogen and oxygen atoms in total. The minimum atomic E-state index is -4.60. The van der Waals surface area contributed by atoms with Crippen LogP contribution in [0.3, 0.4) is 0 Å². The van der Waals surface area contributed by atoms with Crippen molar-refractivity contribution in [1.29, 1.82) is 0 Å². The number of rotatable bonds is 5. The average Bonchev–Trinajstić information content (AvgIpc) is 3.52. The van der Waals surface area contributed by atoms with E-state index in [1.807, 2.05) is 12.1 Å². The molecular formula is C21H18ClF3N4O3. The normalized spacial score (nSPS) is 15.8. The number of halogens is 4. The quantitative estimate of drug-likeness (QED) is 0.471. The molecule has 0 atom stereocenters. The van der Waals surface area contributed by atoms with Gasteiger partial charge in [-0.3, -0.25) is 0 Å². The van der Waals surface area contributed by atoms with Gasteiger partial charge in [-0.2, -0.15) is 18.2 Å². The van der Waals surface area contributed by atoms with Crippen LogP contribution >= 0.6 is 11.6 Å². The van der Waals surface area contributed by atoms with Crippen molar-refractivity contribution < 1.29 is 27.8 Å². The first-order valence-corrected chi connectivity index (χ1v) is 9.69. The molecule has 2 aromatic carbocycles. The molecule has 0 unspecified atom stereocenters. The van der Waals surface area contributed by atoms with Crippen molar-refractivity contribution in [3.63, 3.8) is 0 Å². The summed E-state index contributed by atoms with van der Waals surface area (Å²) in [5, 5.41) is 12.1. The van der Waals surface area contributed by atoms with Crippen LogP contribution in [0.1, 0.15) is 28.8 Å². The van der Waals surface area contributed by atoms with E-state index < -0.39 is 30.3 Å². The maximum absolute atomic E-state index is 12.7. The molecule has 0 radical (unpaired) electrons. The number of benzene rings is 2. The highest BCUT2D eigenvalue weighted by Gasteiger charge is 2.45. The van der Waals surface area contributed by atoms with E-state index >= 15 is 0 Å². The van der Waals surface area contributed by atoms with E-state index in [0.29, 0.717) is 17.9 Å². The van der Waals surface area contributed by atoms with Crippen molar-refractivity contribution in [3.05, 3.63) is 64.7 Å². The van der Waals surface area contributed by atoms with Crippen LogP contribution in [0.5, 0.6) is 0 Å². The molecule has 0 saturated heterocycles. The summed E-state index contributed by atoms with van der Waals surface area (Å²) < 4.78 is 42.9. The predicted octanol–water partition coefficient (Wildman–Crippen LogP) is 5.13. The third kappa shape index (κ3) is 6.30. The molecule has 11 heteroatoms. The fourth-order valence-electron chi connectivity index (χ4n) is 2.79. The zero-order valence-corrected chi connectivity index (χ0v) is 17.3. The van der Waals surface area contributed by atoms with Gasteiger partial charge in [-0.15, -0.1) is 0 Å². The molecule has 1 aliphatic carbocycles. The van der Waals surface area contributed by atoms with Crippen molar-refractivity contribution in [2.24, 2.45) is 15.0 Å². The van der Waals surface area contributed by atoms with Crippen LogP contribution in [-0.4, -0.2) is 42.6 Å². The lowest BCUT2D eigenvalue weighted by atomic mass is 10.1. The van der Waals surface area contributed by atoms with E-state index in [9.17, 15) is 18.0 Å². The maximum Gasteiger partial charge on any atom is 0.422 e. The van der Waals surface area contributed by atoms with Gasteiger partial charge in [0.25, 0.3) is 6.02 Å². The number of guanidine groups is 1. The fourth-order valence-corrected chi connectivity index (χ4v) is 2.91. The average molecular weight is 467 g/mol. The lowest BCUT2D eigenvalue weighted by molar-refractivity contribution is -0.156. The lowest BCUT2D eigenvalue weighted by Gasteiger charge is -2.14. The Hall–Kier alpha value is -3.40. The third-order valence-corrected chi connectivity index (χ3v) is 4.77. The lowest BCUT2D eigenvalue weighted by Crippen LogP contribution is -2.25. The zero-order valence-electron chi connectivity index (χ0n) is 16.6. The number of alkyl halides is 3. The molecule has 0 aliphatic heterocycles. The number of hydrogen-bond donors (Lipinski definition) is 2. The largest absolute Gasteiger partial charge is 0.478 e. The minimum absolute atomic E-state index is 0.0129. The van der Waals surface area contributed by atoms with Gasteiger partial charge in [-0.05, 0) is 61.5 Å². The number of hydrogen-bond acceptors (Lipinski definition) is 3. The summed E-state index contributed by atoms with van der Waals surface area (Å²) in [6, 6.07) is 11.9. The van der Waals surface area contributed by atoms with Crippen molar-refractivity contribution in [3.8, 4) is 0 Å². The predicted molar refractivity (Wildman–Crippen MR) is 116 cm³/mol. The number of amidine groups is 1. The van der Waals surface area contributed by atoms with Crippen LogP contribution in [0.4, 0.5) is 18.9 Å². The smallest absolute Gasteiger partial charge is 0.422 e. The van der Waals surface area contributed by atoms with Gasteiger partial charge in [0.05, 0.1) is 11.1 Å². The summed E-state index contributed by atoms with van der Waals surface area (Å²) >= 11 is 5.92. The Labute approximate surface area is 186 Å². The van der Waals surface area contributed by atoms with Crippen LogP contribution < -0.4 is 5.32 Å². The van der Waals surface area contributed by atoms with E-state index in [-0.39, 0.29) is 17.2 Å². The van der Waals surface area contributed by atoms with Crippen LogP contribution in [0.2, 0.25) is 5.02 Å². The number of carboxylic acid groups (broad SMARTS) is 1. The molecule has 32 heavy (non-hydrogen) atoms. The molecule has 0 bridgehead atoms. The summed E-state index contributed by atoms with van der Waals surface area (Å²) in [5.41, 5.74) is 0.536. The summed E-state index contributed by atoms with van der Waals surface area (Å²) in [7, 11) is 0. The summed E-state index contributed by atoms with van der Waals surface area (Å²) in [6.45, 7) is 1.80. The monoisotopic (exact) mass is 466 g/mol. The minimum Gasteiger partial charge on any atom is -0.478 e. The van der Waals surface area contributed by atoms with Crippen LogP contribution in [0.15, 0.2) is 63.5 Å². The number of nitrogens with one attached hydrogen (secondary N) is 1. The van der Waals surface area contributed by atoms with Crippen molar-refractivity contribution in [2.75, 3.05) is 11.9 Å². The fraction of sp³-hybridized carbons (Fsp3) is 0.238. The Balaban J connectivity index is 1.88. The van der Waals surface area contributed by atoms with Gasteiger partial charge < -0.3 is 15.2 Å². The molecule has 2 N–H and O–H groups in total. The van der Waals surface area contributed by atoms with Crippen LogP contribution in [-0.2, 0) is 10.3 Å². The third-order valence-electron chi connectivity index (χ3n) is 4.52. The number of aliphatic imine (C=N–C) groups is 3. The van der Waals surface area contributed by atoms with E-state index in [2.05, 4.69) is 27.0 Å². The molecule has 0 aromatic heterocycles. The highest BCUT2D eigenvalue weighted by atomic mass is 35.5. The van der Waals surface area contributed by atoms with Gasteiger partial charge >= 0.3 is 12.1 Å². The molecule has 0 heterocycles. The van der Waals surface area contributed by atoms with Crippen LogP contribution in [0.25, 0.3) is 0 Å². The number of carbonyl (C=O) groups is 1. The first kappa shape index (κ1) is 23.3. The molecule has 168 valence electrons. The molecular weight excluding hydrogens is 449 g/mol. The summed E-state index contributed by atoms with van der Waals surface area (Å²) in [5.74, 6) is -1.30. The standard InChI is InChI=1S/C21H18ClF3N4O3/c1-26-18(29-20(10-11-20)14-4-6-15(22)7-5-14)28-19(32-12-21(23,24)25)27-16-8-2-13(3-9-16)17(30)31/h2-9H,1,10-12H2,(H,30,31)(H,27,28,29). The van der Waals surface area contributed by atoms with E-state index in [4.69, 9.17) is 21.4 Å². The van der Waals surface area contributed by atoms with Gasteiger partial charge in [-0.1, -0.05) is 23.7 Å². The number of ether oxygens (including phenoxy) is 1. The maximum atomic E-state index is 12.7. The Morgan fingerprint density at radius 1 is 1.16 bits per heavy atom. The number of carboxylic acids is 1. The van der Waals surface area contributed by atoms with Gasteiger partial charge in [0.1, 0.15) is 0 Å². The second kappa shape index (κ2) is 9.39. The molecule has 0 spiro atoms. The van der Waals surface area contributed by atoms with Crippen molar-refractivity contribution >= 4 is 42.0 Å². The topological polar surface area (TPSA) is 95.6 Å². The van der Waals surface area contributed by atoms with Crippen LogP contribution in [0, 0.1) is 0 Å². The molecule has 1 fully saturated rings. The zero-order chi connectivity index (χ0) is 23.4. The highest BCUT2D eigenvalue weighted by Crippen LogP contribution is 2.49. The first-order chi connectivity index (χ1) is 15.1. The second-order valence-corrected chi connectivity index (χ2v) is 7.37. The van der Waals surface area contributed by atoms with E-state index in [1.54, 1.807) is 12.1 Å². The van der Waals surface area contributed by atoms with Crippen molar-refractivity contribution in [2.45, 2.75) is 24.6 Å². The van der Waals surface area contributed by atoms with Gasteiger partial charge in [0.2, 0.25) is 5.96 Å². The summed E-state index contributed by atoms with van der Waals surface area (Å²) in [6.07, 6.45) is -3.20. The summed E-state index contributed by atoms with van der Waals surface area (Å²) in [4.78, 5) is 23.2. The SMILES string of the molecule is C=NC(=NC1(c2ccc(Cl)cc2)CC1)/N=C(\Nc1ccc(C(=O)O)cc1)OCC(F)(F)F. The van der Waals surface area contributed by atoms with Gasteiger partial charge in [0, 0.05) is 10.7 Å². The first-order valence-electron chi connectivity index (χ1n) is 9.31. The molecule has 2 aromatic rings. The Bertz CT molecular complexity index is 1050. The Kier molecular flexibility index (Phi) is 6.83. The Morgan fingerprint density at radius 2 is 1.78 bits per heavy atom. The number of anilines is 1. The van der Waals surface area contributed by atoms with Crippen molar-refractivity contribution in [1.82, 2.24) is 0 Å². The van der Waals surface area contributed by atoms with Gasteiger partial charge in [-0.25, -0.2) is 14.8 Å². The molecule has 1 aliphatic rings. The number of nitrogens with zero attached hydrogens (tertiary/aromatic N) is 3.